The van der Waals surface area contributed by atoms with Crippen LogP contribution in [0.2, 0.25) is 0 Å². The standard InChI is InChI=1S/C10H15N5O4S/c1-6(2)14-20(18,19)9-11-3-7-4-15(13-10(16)17)5-8(7)12-9/h3,6,13-14H,4-5H2,1-2H3,(H,16,17). The molecule has 0 spiro atoms. The van der Waals surface area contributed by atoms with Crippen LogP contribution in [0.1, 0.15) is 25.1 Å². The van der Waals surface area contributed by atoms with Gasteiger partial charge in [-0.05, 0) is 13.8 Å². The first-order valence-electron chi connectivity index (χ1n) is 5.89. The summed E-state index contributed by atoms with van der Waals surface area (Å²) < 4.78 is 26.3. The summed E-state index contributed by atoms with van der Waals surface area (Å²) in [4.78, 5) is 18.4. The van der Waals surface area contributed by atoms with Crippen LogP contribution in [0, 0.1) is 0 Å². The predicted octanol–water partition coefficient (Wildman–Crippen LogP) is -0.338. The van der Waals surface area contributed by atoms with E-state index >= 15 is 0 Å². The van der Waals surface area contributed by atoms with Gasteiger partial charge in [-0.25, -0.2) is 32.9 Å². The number of hydrogen-bond acceptors (Lipinski definition) is 6. The van der Waals surface area contributed by atoms with Gasteiger partial charge in [0.25, 0.3) is 15.2 Å². The summed E-state index contributed by atoms with van der Waals surface area (Å²) >= 11 is 0. The molecule has 0 bridgehead atoms. The highest BCUT2D eigenvalue weighted by Crippen LogP contribution is 2.19. The van der Waals surface area contributed by atoms with Gasteiger partial charge in [-0.15, -0.1) is 0 Å². The third kappa shape index (κ3) is 3.21. The van der Waals surface area contributed by atoms with Crippen LogP contribution in [0.3, 0.4) is 0 Å². The van der Waals surface area contributed by atoms with E-state index in [9.17, 15) is 13.2 Å². The molecular weight excluding hydrogens is 286 g/mol. The minimum atomic E-state index is -3.75. The Morgan fingerprint density at radius 2 is 2.15 bits per heavy atom. The first-order chi connectivity index (χ1) is 9.28. The van der Waals surface area contributed by atoms with Gasteiger partial charge in [0.15, 0.2) is 0 Å². The molecule has 1 amide bonds. The molecule has 2 heterocycles. The van der Waals surface area contributed by atoms with Crippen molar-refractivity contribution in [2.75, 3.05) is 0 Å². The maximum absolute atomic E-state index is 11.9. The topological polar surface area (TPSA) is 125 Å². The molecule has 10 heteroatoms. The summed E-state index contributed by atoms with van der Waals surface area (Å²) in [5.74, 6) is 0. The van der Waals surface area contributed by atoms with Crippen molar-refractivity contribution in [3.05, 3.63) is 17.5 Å². The van der Waals surface area contributed by atoms with Gasteiger partial charge in [0.1, 0.15) is 0 Å². The quantitative estimate of drug-likeness (QED) is 0.650. The minimum Gasteiger partial charge on any atom is -0.464 e. The number of rotatable bonds is 4. The van der Waals surface area contributed by atoms with Crippen molar-refractivity contribution < 1.29 is 18.3 Å². The van der Waals surface area contributed by atoms with Crippen LogP contribution in [-0.2, 0) is 23.1 Å². The van der Waals surface area contributed by atoms with Crippen molar-refractivity contribution in [3.63, 3.8) is 0 Å². The summed E-state index contributed by atoms with van der Waals surface area (Å²) in [6.45, 7) is 3.90. The molecule has 0 radical (unpaired) electrons. The number of nitrogens with zero attached hydrogens (tertiary/aromatic N) is 3. The van der Waals surface area contributed by atoms with Crippen LogP contribution in [0.4, 0.5) is 4.79 Å². The van der Waals surface area contributed by atoms with E-state index in [1.165, 1.54) is 11.2 Å². The first-order valence-corrected chi connectivity index (χ1v) is 7.38. The van der Waals surface area contributed by atoms with Crippen LogP contribution < -0.4 is 10.1 Å². The van der Waals surface area contributed by atoms with Gasteiger partial charge < -0.3 is 5.11 Å². The lowest BCUT2D eigenvalue weighted by atomic mass is 10.3. The molecule has 0 saturated heterocycles. The predicted molar refractivity (Wildman–Crippen MR) is 67.9 cm³/mol. The average molecular weight is 301 g/mol. The second-order valence-corrected chi connectivity index (χ2v) is 6.28. The van der Waals surface area contributed by atoms with Crippen LogP contribution in [0.15, 0.2) is 11.4 Å². The number of hydrazine groups is 1. The molecule has 2 rings (SSSR count). The summed E-state index contributed by atoms with van der Waals surface area (Å²) in [5, 5.41) is 9.75. The minimum absolute atomic E-state index is 0.203. The van der Waals surface area contributed by atoms with Gasteiger partial charge in [0, 0.05) is 24.3 Å². The van der Waals surface area contributed by atoms with Crippen molar-refractivity contribution in [2.45, 2.75) is 38.1 Å². The molecule has 1 aromatic heterocycles. The molecule has 0 aliphatic carbocycles. The fourth-order valence-corrected chi connectivity index (χ4v) is 2.99. The zero-order valence-corrected chi connectivity index (χ0v) is 11.8. The number of fused-ring (bicyclic) bond motifs is 1. The number of sulfonamides is 1. The lowest BCUT2D eigenvalue weighted by Crippen LogP contribution is -2.37. The van der Waals surface area contributed by atoms with Crippen molar-refractivity contribution in [3.8, 4) is 0 Å². The first kappa shape index (κ1) is 14.6. The molecule has 0 aromatic carbocycles. The highest BCUT2D eigenvalue weighted by Gasteiger charge is 2.26. The Hall–Kier alpha value is -1.78. The van der Waals surface area contributed by atoms with Gasteiger partial charge in [-0.1, -0.05) is 0 Å². The monoisotopic (exact) mass is 301 g/mol. The largest absolute Gasteiger partial charge is 0.464 e. The number of amides is 1. The molecule has 20 heavy (non-hydrogen) atoms. The Morgan fingerprint density at radius 3 is 2.75 bits per heavy atom. The van der Waals surface area contributed by atoms with Crippen LogP contribution in [0.5, 0.6) is 0 Å². The normalized spacial score (nSPS) is 15.3. The molecule has 0 saturated carbocycles. The Balaban J connectivity index is 2.21. The fraction of sp³-hybridized carbons (Fsp3) is 0.500. The third-order valence-corrected chi connectivity index (χ3v) is 3.98. The van der Waals surface area contributed by atoms with Crippen molar-refractivity contribution in [2.24, 2.45) is 0 Å². The van der Waals surface area contributed by atoms with E-state index in [1.54, 1.807) is 13.8 Å². The number of carboxylic acid groups (broad SMARTS) is 1. The van der Waals surface area contributed by atoms with Crippen molar-refractivity contribution in [1.29, 1.82) is 0 Å². The van der Waals surface area contributed by atoms with E-state index in [0.29, 0.717) is 17.8 Å². The fourth-order valence-electron chi connectivity index (χ4n) is 1.84. The Morgan fingerprint density at radius 1 is 1.45 bits per heavy atom. The summed E-state index contributed by atoms with van der Waals surface area (Å²) in [5.41, 5.74) is 3.39. The van der Waals surface area contributed by atoms with Crippen molar-refractivity contribution in [1.82, 2.24) is 25.1 Å². The molecule has 1 aromatic rings. The molecule has 110 valence electrons. The molecule has 0 unspecified atom stereocenters. The lowest BCUT2D eigenvalue weighted by molar-refractivity contribution is 0.138. The highest BCUT2D eigenvalue weighted by molar-refractivity contribution is 7.89. The number of nitrogens with one attached hydrogen (secondary N) is 2. The summed E-state index contributed by atoms with van der Waals surface area (Å²) in [6.07, 6.45) is 0.223. The smallest absolute Gasteiger partial charge is 0.419 e. The van der Waals surface area contributed by atoms with E-state index in [4.69, 9.17) is 5.11 Å². The van der Waals surface area contributed by atoms with Gasteiger partial charge >= 0.3 is 6.09 Å². The maximum atomic E-state index is 11.9. The van der Waals surface area contributed by atoms with Gasteiger partial charge in [-0.3, -0.25) is 5.43 Å². The van der Waals surface area contributed by atoms with Gasteiger partial charge in [0.2, 0.25) is 0 Å². The van der Waals surface area contributed by atoms with Gasteiger partial charge in [-0.2, -0.15) is 0 Å². The van der Waals surface area contributed by atoms with E-state index in [1.807, 2.05) is 0 Å². The average Bonchev–Trinajstić information content (AvgIpc) is 2.66. The molecule has 9 nitrogen and oxygen atoms in total. The van der Waals surface area contributed by atoms with E-state index in [0.717, 1.165) is 0 Å². The Kier molecular flexibility index (Phi) is 3.88. The van der Waals surface area contributed by atoms with E-state index in [2.05, 4.69) is 20.1 Å². The van der Waals surface area contributed by atoms with Crippen LogP contribution >= 0.6 is 0 Å². The molecule has 1 aliphatic rings. The maximum Gasteiger partial charge on any atom is 0.419 e. The third-order valence-electron chi connectivity index (χ3n) is 2.52. The Labute approximate surface area is 116 Å². The second-order valence-electron chi connectivity index (χ2n) is 4.67. The van der Waals surface area contributed by atoms with E-state index in [-0.39, 0.29) is 17.7 Å². The zero-order chi connectivity index (χ0) is 14.9. The summed E-state index contributed by atoms with van der Waals surface area (Å²) in [6, 6.07) is -0.262. The van der Waals surface area contributed by atoms with Crippen LogP contribution in [0.25, 0.3) is 0 Å². The van der Waals surface area contributed by atoms with Gasteiger partial charge in [0.05, 0.1) is 12.2 Å². The zero-order valence-electron chi connectivity index (χ0n) is 11.0. The second kappa shape index (κ2) is 5.31. The summed E-state index contributed by atoms with van der Waals surface area (Å²) in [7, 11) is -3.75. The molecule has 3 N–H and O–H groups in total. The number of hydrogen-bond donors (Lipinski definition) is 3. The van der Waals surface area contributed by atoms with Crippen LogP contribution in [-0.4, -0.2) is 40.6 Å². The number of carbonyl (C=O) groups is 1. The van der Waals surface area contributed by atoms with Crippen molar-refractivity contribution >= 4 is 16.1 Å². The molecular formula is C10H15N5O4S. The lowest BCUT2D eigenvalue weighted by Gasteiger charge is -2.12. The number of aromatic nitrogens is 2. The highest BCUT2D eigenvalue weighted by atomic mass is 32.2. The molecule has 0 atom stereocenters. The molecule has 0 fully saturated rings. The molecule has 1 aliphatic heterocycles. The van der Waals surface area contributed by atoms with E-state index < -0.39 is 16.1 Å². The SMILES string of the molecule is CC(C)NS(=O)(=O)c1ncc2c(n1)CN(NC(=O)O)C2. The Bertz CT molecular complexity index is 631.